The second kappa shape index (κ2) is 12.4. The molecule has 0 amide bonds. The molecule has 1 aromatic heterocycles. The molecular weight excluding hydrogens is 562 g/mol. The first-order chi connectivity index (χ1) is 19.7. The monoisotopic (exact) mass is 607 g/mol. The maximum absolute atomic E-state index is 13.7. The van der Waals surface area contributed by atoms with Crippen LogP contribution in [0, 0.1) is 24.7 Å². The third-order valence-corrected chi connectivity index (χ3v) is 12.6. The first-order valence-corrected chi connectivity index (χ1v) is 17.1. The number of thioether (sulfide) groups is 1. The molecule has 9 atom stereocenters. The number of nitrogens with zero attached hydrogens (tertiary/aromatic N) is 3. The molecule has 6 rings (SSSR count). The zero-order valence-electron chi connectivity index (χ0n) is 24.6. The van der Waals surface area contributed by atoms with E-state index in [1.54, 1.807) is 0 Å². The van der Waals surface area contributed by atoms with Crippen molar-refractivity contribution < 1.29 is 14.6 Å². The van der Waals surface area contributed by atoms with Crippen molar-refractivity contribution in [2.45, 2.75) is 106 Å². The fourth-order valence-corrected chi connectivity index (χ4v) is 10.3. The normalized spacial score (nSPS) is 37.4. The zero-order valence-corrected chi connectivity index (χ0v) is 26.1. The number of nitrogens with one attached hydrogen (secondary N) is 2. The largest absolute Gasteiger partial charge is 0.481 e. The number of aryl methyl sites for hydroxylation is 2. The van der Waals surface area contributed by atoms with E-state index in [4.69, 9.17) is 21.3 Å². The van der Waals surface area contributed by atoms with Crippen molar-refractivity contribution >= 4 is 29.3 Å². The van der Waals surface area contributed by atoms with Gasteiger partial charge in [0.1, 0.15) is 5.82 Å². The van der Waals surface area contributed by atoms with Gasteiger partial charge in [0.25, 0.3) is 5.56 Å². The Morgan fingerprint density at radius 1 is 1.22 bits per heavy atom. The van der Waals surface area contributed by atoms with E-state index < -0.39 is 5.97 Å². The van der Waals surface area contributed by atoms with Crippen molar-refractivity contribution in [2.24, 2.45) is 17.8 Å². The molecule has 11 heteroatoms. The number of carboxylic acid groups (broad SMARTS) is 1. The Bertz CT molecular complexity index is 1180. The summed E-state index contributed by atoms with van der Waals surface area (Å²) in [5.41, 5.74) is 1.95. The van der Waals surface area contributed by atoms with Gasteiger partial charge in [0, 0.05) is 59.2 Å². The summed E-state index contributed by atoms with van der Waals surface area (Å²) >= 11 is 8.54. The van der Waals surface area contributed by atoms with Crippen LogP contribution in [0.3, 0.4) is 0 Å². The molecule has 2 aliphatic carbocycles. The Hall–Kier alpha value is -1.17. The maximum atomic E-state index is 13.7. The summed E-state index contributed by atoms with van der Waals surface area (Å²) in [5.74, 6) is 1.04. The number of hydrogen-bond donors (Lipinski definition) is 3. The second-order valence-electron chi connectivity index (χ2n) is 13.1. The van der Waals surface area contributed by atoms with Gasteiger partial charge in [-0.1, -0.05) is 0 Å². The van der Waals surface area contributed by atoms with Crippen LogP contribution in [0.2, 0.25) is 0 Å². The summed E-state index contributed by atoms with van der Waals surface area (Å²) in [6, 6.07) is 1.20. The van der Waals surface area contributed by atoms with Crippen molar-refractivity contribution in [3.8, 4) is 0 Å². The fourth-order valence-electron chi connectivity index (χ4n) is 8.19. The highest BCUT2D eigenvalue weighted by atomic mass is 35.5. The van der Waals surface area contributed by atoms with E-state index in [1.807, 2.05) is 23.3 Å². The smallest absolute Gasteiger partial charge is 0.308 e. The number of piperidine rings is 1. The lowest BCUT2D eigenvalue weighted by molar-refractivity contribution is -0.142. The first kappa shape index (κ1) is 29.9. The van der Waals surface area contributed by atoms with Gasteiger partial charge in [-0.2, -0.15) is 11.8 Å². The quantitative estimate of drug-likeness (QED) is 0.384. The van der Waals surface area contributed by atoms with E-state index in [1.165, 1.54) is 0 Å². The number of aliphatic carboxylic acids is 1. The minimum atomic E-state index is -0.700. The summed E-state index contributed by atoms with van der Waals surface area (Å²) in [4.78, 5) is 33.0. The van der Waals surface area contributed by atoms with Crippen LogP contribution in [0.25, 0.3) is 0 Å². The average Bonchev–Trinajstić information content (AvgIpc) is 3.33. The molecule has 3 aliphatic heterocycles. The SMILES string of the molecule is Cc1nc2c(c(=O)n1CCOC1CCC(Cl)CC1C1CC(C)NC3C(C(=O)O)CSC13)CC(N(C)C1CNC1)CC2. The van der Waals surface area contributed by atoms with Gasteiger partial charge < -0.3 is 20.5 Å². The summed E-state index contributed by atoms with van der Waals surface area (Å²) in [6.07, 6.45) is 6.48. The van der Waals surface area contributed by atoms with Crippen LogP contribution in [0.1, 0.15) is 56.1 Å². The molecule has 4 heterocycles. The number of rotatable bonds is 8. The van der Waals surface area contributed by atoms with Crippen LogP contribution in [-0.2, 0) is 28.9 Å². The lowest BCUT2D eigenvalue weighted by atomic mass is 9.70. The molecule has 228 valence electrons. The Balaban J connectivity index is 1.13. The van der Waals surface area contributed by atoms with Crippen molar-refractivity contribution in [1.82, 2.24) is 25.1 Å². The molecule has 0 radical (unpaired) electrons. The van der Waals surface area contributed by atoms with Crippen molar-refractivity contribution in [2.75, 3.05) is 32.5 Å². The Morgan fingerprint density at radius 3 is 2.76 bits per heavy atom. The molecule has 3 N–H and O–H groups in total. The standard InChI is InChI=1S/C30H46ClN5O4S/c1-16-10-22(28-27(33-16)24(15-41-28)30(38)39)21-11-18(31)4-7-26(21)40-9-8-36-17(2)34-25-6-5-19(12-23(25)29(36)37)35(3)20-13-32-14-20/h16,18-22,24,26-28,32-33H,4-15H2,1-3H3,(H,38,39). The molecule has 3 saturated heterocycles. The van der Waals surface area contributed by atoms with Crippen LogP contribution in [-0.4, -0.2) is 98.9 Å². The van der Waals surface area contributed by atoms with E-state index in [9.17, 15) is 14.7 Å². The summed E-state index contributed by atoms with van der Waals surface area (Å²) in [7, 11) is 2.19. The van der Waals surface area contributed by atoms with Crippen molar-refractivity contribution in [3.63, 3.8) is 0 Å². The van der Waals surface area contributed by atoms with Gasteiger partial charge in [-0.05, 0) is 77.7 Å². The third kappa shape index (κ3) is 5.98. The molecule has 41 heavy (non-hydrogen) atoms. The molecular formula is C30H46ClN5O4S. The van der Waals surface area contributed by atoms with Gasteiger partial charge >= 0.3 is 5.97 Å². The topological polar surface area (TPSA) is 109 Å². The van der Waals surface area contributed by atoms with Crippen LogP contribution >= 0.6 is 23.4 Å². The summed E-state index contributed by atoms with van der Waals surface area (Å²) in [6.45, 7) is 7.12. The number of hydrogen-bond acceptors (Lipinski definition) is 8. The summed E-state index contributed by atoms with van der Waals surface area (Å²) < 4.78 is 8.44. The van der Waals surface area contributed by atoms with Gasteiger partial charge in [0.05, 0.1) is 30.9 Å². The van der Waals surface area contributed by atoms with E-state index in [0.29, 0.717) is 42.8 Å². The number of fused-ring (bicyclic) bond motifs is 2. The number of likely N-dealkylation sites (N-methyl/N-ethyl adjacent to an activating group) is 1. The van der Waals surface area contributed by atoms with Crippen LogP contribution < -0.4 is 16.2 Å². The molecule has 1 aromatic rings. The molecule has 0 aromatic carbocycles. The number of ether oxygens (including phenoxy) is 1. The lowest BCUT2D eigenvalue weighted by Gasteiger charge is -2.47. The minimum Gasteiger partial charge on any atom is -0.481 e. The molecule has 1 saturated carbocycles. The Morgan fingerprint density at radius 2 is 2.02 bits per heavy atom. The van der Waals surface area contributed by atoms with Crippen LogP contribution in [0.4, 0.5) is 0 Å². The zero-order chi connectivity index (χ0) is 28.8. The van der Waals surface area contributed by atoms with E-state index in [2.05, 4.69) is 29.5 Å². The molecule has 9 unspecified atom stereocenters. The van der Waals surface area contributed by atoms with E-state index in [0.717, 1.165) is 75.1 Å². The van der Waals surface area contributed by atoms with Crippen molar-refractivity contribution in [1.29, 1.82) is 0 Å². The highest BCUT2D eigenvalue weighted by Gasteiger charge is 2.51. The number of halogens is 1. The predicted molar refractivity (Wildman–Crippen MR) is 162 cm³/mol. The molecule has 0 bridgehead atoms. The highest BCUT2D eigenvalue weighted by molar-refractivity contribution is 8.00. The molecule has 0 spiro atoms. The summed E-state index contributed by atoms with van der Waals surface area (Å²) in [5, 5.41) is 17.2. The number of carbonyl (C=O) groups is 1. The minimum absolute atomic E-state index is 0.00572. The number of alkyl halides is 1. The Kier molecular flexibility index (Phi) is 9.07. The van der Waals surface area contributed by atoms with Gasteiger partial charge in [0.15, 0.2) is 0 Å². The van der Waals surface area contributed by atoms with Crippen LogP contribution in [0.5, 0.6) is 0 Å². The van der Waals surface area contributed by atoms with E-state index >= 15 is 0 Å². The average molecular weight is 608 g/mol. The van der Waals surface area contributed by atoms with E-state index in [-0.39, 0.29) is 40.3 Å². The lowest BCUT2D eigenvalue weighted by Crippen LogP contribution is -2.59. The number of carboxylic acids is 1. The van der Waals surface area contributed by atoms with Crippen LogP contribution in [0.15, 0.2) is 4.79 Å². The first-order valence-electron chi connectivity index (χ1n) is 15.6. The molecule has 9 nitrogen and oxygen atoms in total. The van der Waals surface area contributed by atoms with Gasteiger partial charge in [-0.3, -0.25) is 19.1 Å². The maximum Gasteiger partial charge on any atom is 0.308 e. The fraction of sp³-hybridized carbons (Fsp3) is 0.833. The molecule has 4 fully saturated rings. The number of aromatic nitrogens is 2. The van der Waals surface area contributed by atoms with Gasteiger partial charge in [0.2, 0.25) is 0 Å². The third-order valence-electron chi connectivity index (χ3n) is 10.7. The Labute approximate surface area is 252 Å². The predicted octanol–water partition coefficient (Wildman–Crippen LogP) is 2.29. The highest BCUT2D eigenvalue weighted by Crippen LogP contribution is 2.48. The van der Waals surface area contributed by atoms with Gasteiger partial charge in [-0.25, -0.2) is 4.98 Å². The molecule has 5 aliphatic rings. The van der Waals surface area contributed by atoms with Crippen molar-refractivity contribution in [3.05, 3.63) is 27.4 Å². The second-order valence-corrected chi connectivity index (χ2v) is 15.0. The van der Waals surface area contributed by atoms with Gasteiger partial charge in [-0.15, -0.1) is 11.6 Å².